The summed E-state index contributed by atoms with van der Waals surface area (Å²) in [7, 11) is 0. The van der Waals surface area contributed by atoms with Gasteiger partial charge in [-0.2, -0.15) is 0 Å². The predicted octanol–water partition coefficient (Wildman–Crippen LogP) is 2.02. The smallest absolute Gasteiger partial charge is 0.410 e. The highest BCUT2D eigenvalue weighted by Gasteiger charge is 2.23. The molecule has 1 aliphatic heterocycles. The van der Waals surface area contributed by atoms with Crippen LogP contribution in [0.25, 0.3) is 0 Å². The zero-order valence-electron chi connectivity index (χ0n) is 8.96. The highest BCUT2D eigenvalue weighted by Crippen LogP contribution is 2.14. The summed E-state index contributed by atoms with van der Waals surface area (Å²) in [6.07, 6.45) is 1.32. The molecule has 0 aromatic rings. The van der Waals surface area contributed by atoms with E-state index >= 15 is 0 Å². The summed E-state index contributed by atoms with van der Waals surface area (Å²) < 4.78 is 12.7. The molecule has 0 spiro atoms. The molecule has 0 saturated carbocycles. The number of carbonyl (C=O) groups is 1. The van der Waals surface area contributed by atoms with Crippen LogP contribution in [0.3, 0.4) is 0 Å². The fourth-order valence-electron chi connectivity index (χ4n) is 1.09. The quantitative estimate of drug-likeness (QED) is 0.559. The molecule has 1 amide bonds. The third kappa shape index (κ3) is 2.72. The van der Waals surface area contributed by atoms with Crippen LogP contribution in [0.2, 0.25) is 0 Å². The number of hydrogen-bond donors (Lipinski definition) is 0. The van der Waals surface area contributed by atoms with Crippen molar-refractivity contribution in [1.82, 2.24) is 4.90 Å². The number of likely N-dealkylation sites (tertiary alicyclic amines) is 1. The molecule has 0 aromatic carbocycles. The Morgan fingerprint density at radius 1 is 1.50 bits per heavy atom. The number of amides is 1. The molecule has 1 heterocycles. The van der Waals surface area contributed by atoms with Crippen molar-refractivity contribution in [3.63, 3.8) is 0 Å². The monoisotopic (exact) mass is 172 g/mol. The second kappa shape index (κ2) is 3.33. The molecule has 3 nitrogen and oxygen atoms in total. The number of nitrogens with zero attached hydrogens (tertiary/aromatic N) is 1. The summed E-state index contributed by atoms with van der Waals surface area (Å²) in [6.45, 7) is 5.75. The Morgan fingerprint density at radius 2 is 2.17 bits per heavy atom. The van der Waals surface area contributed by atoms with Gasteiger partial charge in [-0.3, -0.25) is 0 Å². The first-order valence-corrected chi connectivity index (χ1v) is 4.32. The Labute approximate surface area is 75.1 Å². The molecule has 1 aliphatic rings. The van der Waals surface area contributed by atoms with E-state index in [0.29, 0.717) is 6.54 Å². The lowest BCUT2D eigenvalue weighted by Gasteiger charge is -2.23. The van der Waals surface area contributed by atoms with Crippen molar-refractivity contribution in [3.05, 3.63) is 0 Å². The first-order valence-electron chi connectivity index (χ1n) is 4.90. The predicted molar refractivity (Wildman–Crippen MR) is 47.0 cm³/mol. The van der Waals surface area contributed by atoms with Crippen LogP contribution in [-0.4, -0.2) is 29.7 Å². The Morgan fingerprint density at radius 3 is 2.58 bits per heavy atom. The molecule has 0 aliphatic carbocycles. The van der Waals surface area contributed by atoms with Crippen molar-refractivity contribution in [2.75, 3.05) is 13.1 Å². The average Bonchev–Trinajstić information content (AvgIpc) is 2.30. The molecule has 1 unspecified atom stereocenters. The van der Waals surface area contributed by atoms with E-state index in [1.807, 2.05) is 20.8 Å². The average molecular weight is 172 g/mol. The maximum atomic E-state index is 11.5. The third-order valence-electron chi connectivity index (χ3n) is 1.58. The van der Waals surface area contributed by atoms with E-state index in [0.717, 1.165) is 12.8 Å². The molecule has 3 heteroatoms. The van der Waals surface area contributed by atoms with Gasteiger partial charge in [0.2, 0.25) is 0 Å². The van der Waals surface area contributed by atoms with Gasteiger partial charge in [-0.15, -0.1) is 0 Å². The van der Waals surface area contributed by atoms with Crippen LogP contribution < -0.4 is 0 Å². The van der Waals surface area contributed by atoms with Gasteiger partial charge in [0.25, 0.3) is 0 Å². The van der Waals surface area contributed by atoms with Crippen molar-refractivity contribution >= 4 is 6.09 Å². The normalized spacial score (nSPS) is 25.4. The molecule has 0 radical (unpaired) electrons. The minimum absolute atomic E-state index is 0.356. The van der Waals surface area contributed by atoms with E-state index in [1.165, 1.54) is 4.90 Å². The summed E-state index contributed by atoms with van der Waals surface area (Å²) >= 11 is 0. The van der Waals surface area contributed by atoms with E-state index in [-0.39, 0.29) is 6.09 Å². The second-order valence-corrected chi connectivity index (χ2v) is 4.00. The van der Waals surface area contributed by atoms with Crippen molar-refractivity contribution in [2.24, 2.45) is 0 Å². The summed E-state index contributed by atoms with van der Waals surface area (Å²) in [4.78, 5) is 12.9. The zero-order chi connectivity index (χ0) is 10.1. The SMILES string of the molecule is [2H]C1CCCN1C(=O)OC(C)(C)C. The lowest BCUT2D eigenvalue weighted by atomic mass is 10.2. The molecule has 1 rings (SSSR count). The maximum Gasteiger partial charge on any atom is 0.410 e. The highest BCUT2D eigenvalue weighted by atomic mass is 16.6. The zero-order valence-corrected chi connectivity index (χ0v) is 7.96. The largest absolute Gasteiger partial charge is 0.444 e. The fourth-order valence-corrected chi connectivity index (χ4v) is 1.09. The molecule has 0 aromatic heterocycles. The first kappa shape index (κ1) is 7.90. The van der Waals surface area contributed by atoms with Crippen LogP contribution in [0.4, 0.5) is 4.79 Å². The van der Waals surface area contributed by atoms with Gasteiger partial charge in [-0.25, -0.2) is 4.79 Å². The van der Waals surface area contributed by atoms with Gasteiger partial charge in [-0.1, -0.05) is 0 Å². The molecule has 12 heavy (non-hydrogen) atoms. The van der Waals surface area contributed by atoms with Crippen LogP contribution in [0.15, 0.2) is 0 Å². The van der Waals surface area contributed by atoms with Crippen molar-refractivity contribution in [3.8, 4) is 0 Å². The van der Waals surface area contributed by atoms with E-state index in [2.05, 4.69) is 0 Å². The van der Waals surface area contributed by atoms with E-state index in [4.69, 9.17) is 6.11 Å². The standard InChI is InChI=1S/C9H17NO2/c1-9(2,3)12-8(11)10-6-4-5-7-10/h4-7H2,1-3H3/i6D. The molecule has 1 atom stereocenters. The van der Waals surface area contributed by atoms with Gasteiger partial charge in [0.1, 0.15) is 5.60 Å². The summed E-state index contributed by atoms with van der Waals surface area (Å²) in [5.41, 5.74) is -0.459. The Bertz CT molecular complexity index is 200. The second-order valence-electron chi connectivity index (χ2n) is 4.00. The van der Waals surface area contributed by atoms with Crippen molar-refractivity contribution in [2.45, 2.75) is 39.2 Å². The van der Waals surface area contributed by atoms with E-state index in [1.54, 1.807) is 0 Å². The number of carbonyl (C=O) groups excluding carboxylic acids is 1. The van der Waals surface area contributed by atoms with Gasteiger partial charge in [0, 0.05) is 14.4 Å². The van der Waals surface area contributed by atoms with Gasteiger partial charge in [0.05, 0.1) is 0 Å². The van der Waals surface area contributed by atoms with Gasteiger partial charge in [-0.05, 0) is 33.6 Å². The van der Waals surface area contributed by atoms with Crippen molar-refractivity contribution in [1.29, 1.82) is 0 Å². The Balaban J connectivity index is 2.48. The van der Waals surface area contributed by atoms with Crippen LogP contribution in [0.1, 0.15) is 35.0 Å². The minimum Gasteiger partial charge on any atom is -0.444 e. The molecule has 0 N–H and O–H groups in total. The molecule has 1 saturated heterocycles. The van der Waals surface area contributed by atoms with Crippen LogP contribution in [-0.2, 0) is 4.74 Å². The minimum atomic E-state index is -0.459. The Kier molecular flexibility index (Phi) is 2.19. The third-order valence-corrected chi connectivity index (χ3v) is 1.58. The summed E-state index contributed by atoms with van der Waals surface area (Å²) in [5, 5.41) is 0. The van der Waals surface area contributed by atoms with E-state index < -0.39 is 12.1 Å². The summed E-state index contributed by atoms with van der Waals surface area (Å²) in [6, 6.07) is 0. The fraction of sp³-hybridized carbons (Fsp3) is 0.889. The number of hydrogen-bond acceptors (Lipinski definition) is 2. The topological polar surface area (TPSA) is 29.5 Å². The van der Waals surface area contributed by atoms with E-state index in [9.17, 15) is 4.79 Å². The van der Waals surface area contributed by atoms with Crippen LogP contribution in [0, 0.1) is 0 Å². The lowest BCUT2D eigenvalue weighted by molar-refractivity contribution is 0.0295. The molecular formula is C9H17NO2. The van der Waals surface area contributed by atoms with Gasteiger partial charge < -0.3 is 9.64 Å². The molecule has 1 fully saturated rings. The molecule has 0 bridgehead atoms. The van der Waals surface area contributed by atoms with Crippen LogP contribution >= 0.6 is 0 Å². The van der Waals surface area contributed by atoms with Gasteiger partial charge >= 0.3 is 6.09 Å². The molecule has 70 valence electrons. The van der Waals surface area contributed by atoms with Crippen molar-refractivity contribution < 1.29 is 10.9 Å². The lowest BCUT2D eigenvalue weighted by Crippen LogP contribution is -2.34. The summed E-state index contributed by atoms with van der Waals surface area (Å²) in [5.74, 6) is 0. The number of ether oxygens (including phenoxy) is 1. The Hall–Kier alpha value is -0.730. The highest BCUT2D eigenvalue weighted by molar-refractivity contribution is 5.68. The molecular weight excluding hydrogens is 154 g/mol. The number of rotatable bonds is 0. The first-order chi connectivity index (χ1) is 5.90. The maximum absolute atomic E-state index is 11.5. The van der Waals surface area contributed by atoms with Crippen LogP contribution in [0.5, 0.6) is 0 Å². The van der Waals surface area contributed by atoms with Gasteiger partial charge in [0.15, 0.2) is 0 Å².